The zero-order valence-corrected chi connectivity index (χ0v) is 11.9. The molecular weight excluding hydrogens is 234 g/mol. The van der Waals surface area contributed by atoms with Crippen LogP contribution in [0.4, 0.5) is 5.82 Å². The van der Waals surface area contributed by atoms with Crippen LogP contribution in [0, 0.1) is 0 Å². The molecule has 104 valence electrons. The van der Waals surface area contributed by atoms with Crippen molar-refractivity contribution in [1.82, 2.24) is 9.88 Å². The molecule has 1 atom stereocenters. The Hall–Kier alpha value is -1.09. The molecule has 0 amide bonds. The van der Waals surface area contributed by atoms with Gasteiger partial charge >= 0.3 is 0 Å². The number of piperidine rings is 1. The van der Waals surface area contributed by atoms with E-state index in [2.05, 4.69) is 40.5 Å². The fourth-order valence-corrected chi connectivity index (χ4v) is 3.20. The van der Waals surface area contributed by atoms with Gasteiger partial charge in [-0.2, -0.15) is 0 Å². The first-order chi connectivity index (χ1) is 9.36. The maximum atomic E-state index is 4.61. The summed E-state index contributed by atoms with van der Waals surface area (Å²) in [6.07, 6.45) is 10.0. The number of likely N-dealkylation sites (tertiary alicyclic amines) is 1. The standard InChI is InChI=1S/C16H25N3/c1-2-19-11-4-3-8-15(19)13-9-10-16(17-12-13)18-14-6-5-7-14/h9-10,12,14-15H,2-8,11H2,1H3,(H,17,18)/t15-/m0/s1. The summed E-state index contributed by atoms with van der Waals surface area (Å²) < 4.78 is 0. The van der Waals surface area contributed by atoms with Crippen molar-refractivity contribution in [1.29, 1.82) is 0 Å². The van der Waals surface area contributed by atoms with Gasteiger partial charge in [0, 0.05) is 18.3 Å². The van der Waals surface area contributed by atoms with E-state index in [0.29, 0.717) is 12.1 Å². The number of nitrogens with zero attached hydrogens (tertiary/aromatic N) is 2. The van der Waals surface area contributed by atoms with Crippen molar-refractivity contribution >= 4 is 5.82 Å². The van der Waals surface area contributed by atoms with E-state index in [9.17, 15) is 0 Å². The Labute approximate surface area is 116 Å². The maximum absolute atomic E-state index is 4.61. The fraction of sp³-hybridized carbons (Fsp3) is 0.688. The molecule has 3 nitrogen and oxygen atoms in total. The van der Waals surface area contributed by atoms with Gasteiger partial charge in [-0.25, -0.2) is 4.98 Å². The van der Waals surface area contributed by atoms with Crippen molar-refractivity contribution in [3.63, 3.8) is 0 Å². The van der Waals surface area contributed by atoms with Crippen LogP contribution in [0.25, 0.3) is 0 Å². The highest BCUT2D eigenvalue weighted by molar-refractivity contribution is 5.37. The third-order valence-corrected chi connectivity index (χ3v) is 4.65. The van der Waals surface area contributed by atoms with Gasteiger partial charge in [0.05, 0.1) is 0 Å². The van der Waals surface area contributed by atoms with Gasteiger partial charge in [0.1, 0.15) is 5.82 Å². The van der Waals surface area contributed by atoms with Crippen LogP contribution in [0.1, 0.15) is 57.1 Å². The number of nitrogens with one attached hydrogen (secondary N) is 1. The third kappa shape index (κ3) is 2.92. The summed E-state index contributed by atoms with van der Waals surface area (Å²) in [4.78, 5) is 7.19. The Morgan fingerprint density at radius 2 is 2.11 bits per heavy atom. The lowest BCUT2D eigenvalue weighted by atomic mass is 9.93. The third-order valence-electron chi connectivity index (χ3n) is 4.65. The summed E-state index contributed by atoms with van der Waals surface area (Å²) in [6.45, 7) is 4.65. The second kappa shape index (κ2) is 5.91. The van der Waals surface area contributed by atoms with Gasteiger partial charge < -0.3 is 5.32 Å². The molecule has 0 unspecified atom stereocenters. The molecule has 3 heteroatoms. The number of anilines is 1. The van der Waals surface area contributed by atoms with E-state index in [1.807, 2.05) is 0 Å². The van der Waals surface area contributed by atoms with Crippen LogP contribution in [0.3, 0.4) is 0 Å². The zero-order valence-electron chi connectivity index (χ0n) is 11.9. The van der Waals surface area contributed by atoms with Crippen LogP contribution in [0.5, 0.6) is 0 Å². The van der Waals surface area contributed by atoms with Crippen LogP contribution >= 0.6 is 0 Å². The first-order valence-corrected chi connectivity index (χ1v) is 7.83. The van der Waals surface area contributed by atoms with E-state index in [1.54, 1.807) is 0 Å². The van der Waals surface area contributed by atoms with E-state index >= 15 is 0 Å². The largest absolute Gasteiger partial charge is 0.367 e. The first-order valence-electron chi connectivity index (χ1n) is 7.83. The average Bonchev–Trinajstić information content (AvgIpc) is 2.43. The highest BCUT2D eigenvalue weighted by atomic mass is 15.2. The predicted octanol–water partition coefficient (Wildman–Crippen LogP) is 3.59. The lowest BCUT2D eigenvalue weighted by molar-refractivity contribution is 0.157. The van der Waals surface area contributed by atoms with Gasteiger partial charge in [-0.3, -0.25) is 4.90 Å². The van der Waals surface area contributed by atoms with E-state index in [0.717, 1.165) is 12.4 Å². The van der Waals surface area contributed by atoms with Crippen molar-refractivity contribution in [2.45, 2.75) is 57.5 Å². The number of hydrogen-bond donors (Lipinski definition) is 1. The smallest absolute Gasteiger partial charge is 0.126 e. The summed E-state index contributed by atoms with van der Waals surface area (Å²) >= 11 is 0. The lowest BCUT2D eigenvalue weighted by Crippen LogP contribution is -2.33. The first kappa shape index (κ1) is 12.9. The molecule has 0 radical (unpaired) electrons. The maximum Gasteiger partial charge on any atom is 0.126 e. The molecule has 2 heterocycles. The van der Waals surface area contributed by atoms with Gasteiger partial charge in [0.15, 0.2) is 0 Å². The fourth-order valence-electron chi connectivity index (χ4n) is 3.20. The Balaban J connectivity index is 1.66. The molecule has 1 saturated heterocycles. The summed E-state index contributed by atoms with van der Waals surface area (Å²) in [7, 11) is 0. The minimum absolute atomic E-state index is 0.587. The SMILES string of the molecule is CCN1CCCC[C@H]1c1ccc(NC2CCC2)nc1. The van der Waals surface area contributed by atoms with Crippen molar-refractivity contribution in [3.05, 3.63) is 23.9 Å². The second-order valence-corrected chi connectivity index (χ2v) is 5.89. The molecule has 1 aliphatic carbocycles. The lowest BCUT2D eigenvalue weighted by Gasteiger charge is -2.35. The van der Waals surface area contributed by atoms with Crippen LogP contribution in [0.15, 0.2) is 18.3 Å². The molecule has 1 aromatic heterocycles. The molecule has 2 fully saturated rings. The Morgan fingerprint density at radius 3 is 2.74 bits per heavy atom. The molecule has 0 spiro atoms. The van der Waals surface area contributed by atoms with Crippen LogP contribution in [-0.2, 0) is 0 Å². The minimum Gasteiger partial charge on any atom is -0.367 e. The van der Waals surface area contributed by atoms with E-state index in [-0.39, 0.29) is 0 Å². The molecule has 19 heavy (non-hydrogen) atoms. The predicted molar refractivity (Wildman–Crippen MR) is 79.3 cm³/mol. The summed E-state index contributed by atoms with van der Waals surface area (Å²) in [5, 5.41) is 3.51. The van der Waals surface area contributed by atoms with Crippen molar-refractivity contribution in [2.75, 3.05) is 18.4 Å². The highest BCUT2D eigenvalue weighted by Crippen LogP contribution is 2.30. The van der Waals surface area contributed by atoms with E-state index in [1.165, 1.54) is 50.6 Å². The Kier molecular flexibility index (Phi) is 4.02. The Morgan fingerprint density at radius 1 is 1.21 bits per heavy atom. The molecule has 3 rings (SSSR count). The second-order valence-electron chi connectivity index (χ2n) is 5.89. The number of rotatable bonds is 4. The topological polar surface area (TPSA) is 28.2 Å². The van der Waals surface area contributed by atoms with Crippen LogP contribution in [0.2, 0.25) is 0 Å². The van der Waals surface area contributed by atoms with Crippen molar-refractivity contribution < 1.29 is 0 Å². The monoisotopic (exact) mass is 259 g/mol. The molecule has 0 aromatic carbocycles. The van der Waals surface area contributed by atoms with Gasteiger partial charge in [0.25, 0.3) is 0 Å². The molecule has 1 aliphatic heterocycles. The van der Waals surface area contributed by atoms with Gasteiger partial charge in [-0.05, 0) is 56.8 Å². The molecule has 1 aromatic rings. The quantitative estimate of drug-likeness (QED) is 0.895. The Bertz CT molecular complexity index is 397. The molecule has 1 saturated carbocycles. The van der Waals surface area contributed by atoms with Crippen molar-refractivity contribution in [3.8, 4) is 0 Å². The van der Waals surface area contributed by atoms with E-state index in [4.69, 9.17) is 0 Å². The normalized spacial score (nSPS) is 25.0. The highest BCUT2D eigenvalue weighted by Gasteiger charge is 2.23. The molecule has 2 aliphatic rings. The minimum atomic E-state index is 0.587. The molecule has 0 bridgehead atoms. The molecular formula is C16H25N3. The van der Waals surface area contributed by atoms with Crippen molar-refractivity contribution in [2.24, 2.45) is 0 Å². The van der Waals surface area contributed by atoms with Crippen LogP contribution < -0.4 is 5.32 Å². The number of hydrogen-bond acceptors (Lipinski definition) is 3. The van der Waals surface area contributed by atoms with Gasteiger partial charge in [-0.15, -0.1) is 0 Å². The summed E-state index contributed by atoms with van der Waals surface area (Å²) in [6, 6.07) is 5.69. The number of pyridine rings is 1. The molecule has 1 N–H and O–H groups in total. The number of aromatic nitrogens is 1. The summed E-state index contributed by atoms with van der Waals surface area (Å²) in [5.74, 6) is 1.05. The van der Waals surface area contributed by atoms with Gasteiger partial charge in [0.2, 0.25) is 0 Å². The van der Waals surface area contributed by atoms with Gasteiger partial charge in [-0.1, -0.05) is 19.4 Å². The zero-order chi connectivity index (χ0) is 13.1. The summed E-state index contributed by atoms with van der Waals surface area (Å²) in [5.41, 5.74) is 1.39. The van der Waals surface area contributed by atoms with Crippen LogP contribution in [-0.4, -0.2) is 29.0 Å². The van der Waals surface area contributed by atoms with E-state index < -0.39 is 0 Å². The average molecular weight is 259 g/mol.